The SMILES string of the molecule is CNCC1CN(c2ccc(NCCNC=O)c(F)c2)C(=O)O1. The first-order valence-electron chi connectivity index (χ1n) is 6.99. The van der Waals surface area contributed by atoms with Gasteiger partial charge in [-0.1, -0.05) is 0 Å². The van der Waals surface area contributed by atoms with Crippen LogP contribution >= 0.6 is 0 Å². The van der Waals surface area contributed by atoms with E-state index in [4.69, 9.17) is 4.74 Å². The third kappa shape index (κ3) is 3.85. The lowest BCUT2D eigenvalue weighted by molar-refractivity contribution is -0.109. The molecule has 8 heteroatoms. The molecule has 1 heterocycles. The summed E-state index contributed by atoms with van der Waals surface area (Å²) in [6, 6.07) is 4.50. The van der Waals surface area contributed by atoms with Crippen molar-refractivity contribution < 1.29 is 18.7 Å². The molecule has 1 aromatic carbocycles. The van der Waals surface area contributed by atoms with Crippen LogP contribution in [-0.2, 0) is 9.53 Å². The van der Waals surface area contributed by atoms with Crippen molar-refractivity contribution >= 4 is 23.9 Å². The molecule has 1 aromatic rings. The Balaban J connectivity index is 1.99. The van der Waals surface area contributed by atoms with E-state index in [1.807, 2.05) is 0 Å². The number of carbonyl (C=O) groups excluding carboxylic acids is 2. The van der Waals surface area contributed by atoms with E-state index in [-0.39, 0.29) is 6.10 Å². The predicted octanol–water partition coefficient (Wildman–Crippen LogP) is 0.528. The van der Waals surface area contributed by atoms with Crippen LogP contribution in [0.5, 0.6) is 0 Å². The van der Waals surface area contributed by atoms with Crippen molar-refractivity contribution in [1.29, 1.82) is 0 Å². The number of hydrogen-bond donors (Lipinski definition) is 3. The number of cyclic esters (lactones) is 1. The van der Waals surface area contributed by atoms with Crippen molar-refractivity contribution in [2.24, 2.45) is 0 Å². The van der Waals surface area contributed by atoms with Crippen LogP contribution in [0.1, 0.15) is 0 Å². The van der Waals surface area contributed by atoms with Gasteiger partial charge in [0.25, 0.3) is 0 Å². The largest absolute Gasteiger partial charge is 0.443 e. The molecule has 1 atom stereocenters. The van der Waals surface area contributed by atoms with Crippen LogP contribution in [-0.4, -0.2) is 51.8 Å². The van der Waals surface area contributed by atoms with Crippen molar-refractivity contribution in [2.75, 3.05) is 43.4 Å². The van der Waals surface area contributed by atoms with Gasteiger partial charge >= 0.3 is 6.09 Å². The molecule has 0 bridgehead atoms. The Morgan fingerprint density at radius 2 is 2.27 bits per heavy atom. The van der Waals surface area contributed by atoms with Gasteiger partial charge in [-0.3, -0.25) is 9.69 Å². The van der Waals surface area contributed by atoms with Crippen molar-refractivity contribution in [2.45, 2.75) is 6.10 Å². The number of hydrogen-bond acceptors (Lipinski definition) is 5. The summed E-state index contributed by atoms with van der Waals surface area (Å²) in [5.41, 5.74) is 0.772. The number of halogens is 1. The van der Waals surface area contributed by atoms with E-state index in [1.165, 1.54) is 11.0 Å². The molecule has 1 unspecified atom stereocenters. The topological polar surface area (TPSA) is 82.7 Å². The first-order valence-corrected chi connectivity index (χ1v) is 6.99. The van der Waals surface area contributed by atoms with Crippen LogP contribution in [0.15, 0.2) is 18.2 Å². The van der Waals surface area contributed by atoms with Gasteiger partial charge in [0, 0.05) is 19.6 Å². The molecule has 1 saturated heterocycles. The van der Waals surface area contributed by atoms with Gasteiger partial charge in [0.05, 0.1) is 17.9 Å². The Kier molecular flexibility index (Phi) is 5.54. The van der Waals surface area contributed by atoms with E-state index in [0.29, 0.717) is 44.0 Å². The monoisotopic (exact) mass is 310 g/mol. The highest BCUT2D eigenvalue weighted by Crippen LogP contribution is 2.25. The Morgan fingerprint density at radius 3 is 2.95 bits per heavy atom. The van der Waals surface area contributed by atoms with Crippen LogP contribution in [0, 0.1) is 5.82 Å². The lowest BCUT2D eigenvalue weighted by Crippen LogP contribution is -2.29. The molecule has 0 saturated carbocycles. The minimum atomic E-state index is -0.476. The molecular formula is C14H19FN4O3. The number of anilines is 2. The van der Waals surface area contributed by atoms with Crippen molar-refractivity contribution in [3.63, 3.8) is 0 Å². The molecule has 0 aliphatic carbocycles. The van der Waals surface area contributed by atoms with Gasteiger partial charge in [0.2, 0.25) is 6.41 Å². The third-order valence-corrected chi connectivity index (χ3v) is 3.24. The van der Waals surface area contributed by atoms with Gasteiger partial charge in [0.15, 0.2) is 0 Å². The van der Waals surface area contributed by atoms with Gasteiger partial charge in [-0.05, 0) is 25.2 Å². The smallest absolute Gasteiger partial charge is 0.414 e. The zero-order valence-electron chi connectivity index (χ0n) is 12.3. The Labute approximate surface area is 127 Å². The molecule has 0 spiro atoms. The summed E-state index contributed by atoms with van der Waals surface area (Å²) < 4.78 is 19.2. The summed E-state index contributed by atoms with van der Waals surface area (Å²) in [6.45, 7) is 1.74. The molecule has 3 N–H and O–H groups in total. The fourth-order valence-corrected chi connectivity index (χ4v) is 2.21. The quantitative estimate of drug-likeness (QED) is 0.482. The van der Waals surface area contributed by atoms with E-state index in [2.05, 4.69) is 16.0 Å². The second-order valence-electron chi connectivity index (χ2n) is 4.84. The van der Waals surface area contributed by atoms with E-state index < -0.39 is 11.9 Å². The van der Waals surface area contributed by atoms with E-state index in [0.717, 1.165) is 0 Å². The molecule has 7 nitrogen and oxygen atoms in total. The van der Waals surface area contributed by atoms with E-state index >= 15 is 0 Å². The van der Waals surface area contributed by atoms with Crippen LogP contribution in [0.4, 0.5) is 20.6 Å². The Bertz CT molecular complexity index is 541. The van der Waals surface area contributed by atoms with Crippen LogP contribution < -0.4 is 20.9 Å². The maximum atomic E-state index is 14.0. The molecule has 22 heavy (non-hydrogen) atoms. The van der Waals surface area contributed by atoms with Crippen LogP contribution in [0.25, 0.3) is 0 Å². The molecule has 1 aliphatic rings. The number of benzene rings is 1. The fourth-order valence-electron chi connectivity index (χ4n) is 2.21. The summed E-state index contributed by atoms with van der Waals surface area (Å²) in [5, 5.41) is 8.28. The highest BCUT2D eigenvalue weighted by molar-refractivity contribution is 5.90. The number of ether oxygens (including phenoxy) is 1. The van der Waals surface area contributed by atoms with Crippen molar-refractivity contribution in [1.82, 2.24) is 10.6 Å². The number of likely N-dealkylation sites (N-methyl/N-ethyl adjacent to an activating group) is 1. The third-order valence-electron chi connectivity index (χ3n) is 3.24. The molecule has 2 amide bonds. The van der Waals surface area contributed by atoms with Gasteiger partial charge in [-0.15, -0.1) is 0 Å². The summed E-state index contributed by atoms with van der Waals surface area (Å²) >= 11 is 0. The standard InChI is InChI=1S/C14H19FN4O3/c1-16-7-11-8-19(14(21)22-11)10-2-3-13(12(15)6-10)18-5-4-17-9-20/h2-3,6,9,11,16,18H,4-5,7-8H2,1H3,(H,17,20). The minimum Gasteiger partial charge on any atom is -0.443 e. The van der Waals surface area contributed by atoms with Gasteiger partial charge in [-0.2, -0.15) is 0 Å². The summed E-state index contributed by atoms with van der Waals surface area (Å²) in [4.78, 5) is 23.3. The molecular weight excluding hydrogens is 291 g/mol. The normalized spacial score (nSPS) is 17.3. The van der Waals surface area contributed by atoms with Gasteiger partial charge in [0.1, 0.15) is 11.9 Å². The van der Waals surface area contributed by atoms with E-state index in [9.17, 15) is 14.0 Å². The number of rotatable bonds is 8. The van der Waals surface area contributed by atoms with Gasteiger partial charge in [-0.25, -0.2) is 9.18 Å². The van der Waals surface area contributed by atoms with Crippen molar-refractivity contribution in [3.8, 4) is 0 Å². The lowest BCUT2D eigenvalue weighted by Gasteiger charge is -2.15. The van der Waals surface area contributed by atoms with Crippen LogP contribution in [0.2, 0.25) is 0 Å². The number of nitrogens with one attached hydrogen (secondary N) is 3. The Hall–Kier alpha value is -2.35. The highest BCUT2D eigenvalue weighted by Gasteiger charge is 2.32. The summed E-state index contributed by atoms with van der Waals surface area (Å²) in [6.07, 6.45) is -0.134. The highest BCUT2D eigenvalue weighted by atomic mass is 19.1. The Morgan fingerprint density at radius 1 is 1.45 bits per heavy atom. The van der Waals surface area contributed by atoms with E-state index in [1.54, 1.807) is 19.2 Å². The second-order valence-corrected chi connectivity index (χ2v) is 4.84. The zero-order chi connectivity index (χ0) is 15.9. The molecule has 2 rings (SSSR count). The van der Waals surface area contributed by atoms with Gasteiger partial charge < -0.3 is 20.7 Å². The predicted molar refractivity (Wildman–Crippen MR) is 80.5 cm³/mol. The number of amides is 2. The number of nitrogens with zero attached hydrogens (tertiary/aromatic N) is 1. The van der Waals surface area contributed by atoms with Crippen molar-refractivity contribution in [3.05, 3.63) is 24.0 Å². The molecule has 0 aromatic heterocycles. The summed E-state index contributed by atoms with van der Waals surface area (Å²) in [7, 11) is 1.77. The fraction of sp³-hybridized carbons (Fsp3) is 0.429. The first-order chi connectivity index (χ1) is 10.7. The number of carbonyl (C=O) groups is 2. The average Bonchev–Trinajstić information content (AvgIpc) is 2.86. The molecule has 1 aliphatic heterocycles. The summed E-state index contributed by atoms with van der Waals surface area (Å²) in [5.74, 6) is -0.464. The molecule has 120 valence electrons. The molecule has 1 fully saturated rings. The maximum Gasteiger partial charge on any atom is 0.414 e. The van der Waals surface area contributed by atoms with Crippen LogP contribution in [0.3, 0.4) is 0 Å². The minimum absolute atomic E-state index is 0.243. The second kappa shape index (κ2) is 7.60. The zero-order valence-corrected chi connectivity index (χ0v) is 12.3. The average molecular weight is 310 g/mol. The first kappa shape index (κ1) is 16.0. The maximum absolute atomic E-state index is 14.0. The lowest BCUT2D eigenvalue weighted by atomic mass is 10.2. The molecule has 0 radical (unpaired) electrons.